The second-order valence-corrected chi connectivity index (χ2v) is 6.75. The first-order valence-corrected chi connectivity index (χ1v) is 8.07. The number of nitrogens with one attached hydrogen (secondary N) is 1. The third kappa shape index (κ3) is 5.83. The van der Waals surface area contributed by atoms with E-state index in [1.807, 2.05) is 0 Å². The molecule has 0 amide bonds. The average molecular weight is 317 g/mol. The molecule has 0 aliphatic rings. The summed E-state index contributed by atoms with van der Waals surface area (Å²) in [5, 5.41) is 24.4. The van der Waals surface area contributed by atoms with Gasteiger partial charge in [0.05, 0.1) is 21.7 Å². The summed E-state index contributed by atoms with van der Waals surface area (Å²) in [6, 6.07) is 3.42. The molecule has 0 aliphatic heterocycles. The summed E-state index contributed by atoms with van der Waals surface area (Å²) in [6.45, 7) is 0.513. The summed E-state index contributed by atoms with van der Waals surface area (Å²) in [4.78, 5) is 20.1. The van der Waals surface area contributed by atoms with E-state index in [2.05, 4.69) is 5.32 Å². The summed E-state index contributed by atoms with van der Waals surface area (Å²) in [7, 11) is -3.03. The Labute approximate surface area is 121 Å². The van der Waals surface area contributed by atoms with Crippen LogP contribution in [0.25, 0.3) is 0 Å². The minimum absolute atomic E-state index is 0.0301. The van der Waals surface area contributed by atoms with Gasteiger partial charge in [-0.15, -0.1) is 0 Å². The number of hydrogen-bond acceptors (Lipinski definition) is 7. The Morgan fingerprint density at radius 3 is 2.38 bits per heavy atom. The molecule has 116 valence electrons. The molecule has 0 bridgehead atoms. The Balaban J connectivity index is 2.66. The van der Waals surface area contributed by atoms with Crippen LogP contribution >= 0.6 is 0 Å². The van der Waals surface area contributed by atoms with E-state index in [1.165, 1.54) is 12.1 Å². The van der Waals surface area contributed by atoms with Crippen LogP contribution in [-0.4, -0.2) is 36.8 Å². The molecule has 0 aromatic heterocycles. The molecule has 0 aliphatic carbocycles. The van der Waals surface area contributed by atoms with Gasteiger partial charge in [0.15, 0.2) is 0 Å². The van der Waals surface area contributed by atoms with Crippen molar-refractivity contribution in [2.45, 2.75) is 13.0 Å². The molecule has 0 saturated heterocycles. The lowest BCUT2D eigenvalue weighted by atomic mass is 10.1. The summed E-state index contributed by atoms with van der Waals surface area (Å²) < 4.78 is 21.9. The Morgan fingerprint density at radius 1 is 1.19 bits per heavy atom. The number of nitrogens with zero attached hydrogens (tertiary/aromatic N) is 2. The van der Waals surface area contributed by atoms with Crippen LogP contribution in [0.5, 0.6) is 0 Å². The highest BCUT2D eigenvalue weighted by Crippen LogP contribution is 2.24. The van der Waals surface area contributed by atoms with Crippen molar-refractivity contribution in [3.8, 4) is 0 Å². The number of benzene rings is 1. The summed E-state index contributed by atoms with van der Waals surface area (Å²) >= 11 is 0. The van der Waals surface area contributed by atoms with Crippen molar-refractivity contribution >= 4 is 21.2 Å². The molecule has 1 rings (SSSR count). The molecule has 0 radical (unpaired) electrons. The van der Waals surface area contributed by atoms with Crippen molar-refractivity contribution in [2.75, 3.05) is 18.6 Å². The molecule has 21 heavy (non-hydrogen) atoms. The molecule has 0 heterocycles. The molecule has 0 saturated carbocycles. The molecular formula is C11H15N3O6S. The van der Waals surface area contributed by atoms with Crippen molar-refractivity contribution in [1.29, 1.82) is 0 Å². The Hall–Kier alpha value is -2.07. The quantitative estimate of drug-likeness (QED) is 0.430. The molecule has 0 spiro atoms. The number of non-ortho nitro benzene ring substituents is 1. The van der Waals surface area contributed by atoms with Crippen LogP contribution in [0.15, 0.2) is 18.2 Å². The van der Waals surface area contributed by atoms with Gasteiger partial charge in [-0.1, -0.05) is 0 Å². The lowest BCUT2D eigenvalue weighted by molar-refractivity contribution is -0.394. The number of nitro groups is 2. The third-order valence-electron chi connectivity index (χ3n) is 2.66. The highest BCUT2D eigenvalue weighted by Gasteiger charge is 2.18. The summed E-state index contributed by atoms with van der Waals surface area (Å²) in [5.74, 6) is 0.0301. The minimum atomic E-state index is -3.03. The first-order valence-electron chi connectivity index (χ1n) is 6.01. The van der Waals surface area contributed by atoms with Gasteiger partial charge >= 0.3 is 0 Å². The zero-order valence-corrected chi connectivity index (χ0v) is 12.1. The van der Waals surface area contributed by atoms with Gasteiger partial charge in [-0.25, -0.2) is 8.42 Å². The van der Waals surface area contributed by atoms with Crippen molar-refractivity contribution in [3.63, 3.8) is 0 Å². The Bertz CT molecular complexity index is 643. The van der Waals surface area contributed by atoms with Crippen LogP contribution in [0.4, 0.5) is 11.4 Å². The zero-order chi connectivity index (χ0) is 16.0. The van der Waals surface area contributed by atoms with Crippen LogP contribution < -0.4 is 5.32 Å². The van der Waals surface area contributed by atoms with Crippen molar-refractivity contribution < 1.29 is 18.3 Å². The predicted octanol–water partition coefficient (Wildman–Crippen LogP) is 1.03. The largest absolute Gasteiger partial charge is 0.312 e. The first-order chi connectivity index (χ1) is 9.70. The van der Waals surface area contributed by atoms with Crippen molar-refractivity contribution in [1.82, 2.24) is 5.32 Å². The lowest BCUT2D eigenvalue weighted by Crippen LogP contribution is -2.18. The van der Waals surface area contributed by atoms with Gasteiger partial charge < -0.3 is 5.32 Å². The fraction of sp³-hybridized carbons (Fsp3) is 0.455. The minimum Gasteiger partial charge on any atom is -0.312 e. The Kier molecular flexibility index (Phi) is 5.73. The van der Waals surface area contributed by atoms with Crippen molar-refractivity contribution in [3.05, 3.63) is 44.0 Å². The molecule has 1 aromatic carbocycles. The molecule has 9 nitrogen and oxygen atoms in total. The highest BCUT2D eigenvalue weighted by molar-refractivity contribution is 7.90. The van der Waals surface area contributed by atoms with Crippen LogP contribution in [0.2, 0.25) is 0 Å². The second-order valence-electron chi connectivity index (χ2n) is 4.49. The predicted molar refractivity (Wildman–Crippen MR) is 75.8 cm³/mol. The van der Waals surface area contributed by atoms with Gasteiger partial charge in [-0.05, 0) is 19.0 Å². The molecule has 1 N–H and O–H groups in total. The van der Waals surface area contributed by atoms with Crippen LogP contribution in [0.3, 0.4) is 0 Å². The third-order valence-corrected chi connectivity index (χ3v) is 3.69. The monoisotopic (exact) mass is 317 g/mol. The number of hydrogen-bond donors (Lipinski definition) is 1. The fourth-order valence-corrected chi connectivity index (χ4v) is 2.34. The van der Waals surface area contributed by atoms with E-state index in [-0.39, 0.29) is 23.7 Å². The maximum Gasteiger partial charge on any atom is 0.280 e. The van der Waals surface area contributed by atoms with E-state index < -0.39 is 19.7 Å². The van der Waals surface area contributed by atoms with Crippen LogP contribution in [0.1, 0.15) is 12.0 Å². The molecule has 0 atom stereocenters. The molecular weight excluding hydrogens is 302 g/mol. The van der Waals surface area contributed by atoms with E-state index in [9.17, 15) is 28.6 Å². The smallest absolute Gasteiger partial charge is 0.280 e. The lowest BCUT2D eigenvalue weighted by Gasteiger charge is -2.05. The SMILES string of the molecule is CS(=O)(=O)CCCNCc1ccc([N+](=O)[O-])cc1[N+](=O)[O-]. The van der Waals surface area contributed by atoms with Gasteiger partial charge in [-0.3, -0.25) is 20.2 Å². The van der Waals surface area contributed by atoms with E-state index in [0.29, 0.717) is 18.5 Å². The standard InChI is InChI=1S/C11H15N3O6S/c1-21(19,20)6-2-5-12-8-9-3-4-10(13(15)16)7-11(9)14(17)18/h3-4,7,12H,2,5-6,8H2,1H3. The molecule has 10 heteroatoms. The number of sulfone groups is 1. The Morgan fingerprint density at radius 2 is 1.86 bits per heavy atom. The topological polar surface area (TPSA) is 132 Å². The number of nitro benzene ring substituents is 2. The van der Waals surface area contributed by atoms with Gasteiger partial charge in [-0.2, -0.15) is 0 Å². The molecule has 0 unspecified atom stereocenters. The van der Waals surface area contributed by atoms with Gasteiger partial charge in [0.2, 0.25) is 0 Å². The van der Waals surface area contributed by atoms with Gasteiger partial charge in [0.25, 0.3) is 11.4 Å². The van der Waals surface area contributed by atoms with Gasteiger partial charge in [0.1, 0.15) is 9.84 Å². The van der Waals surface area contributed by atoms with Gasteiger partial charge in [0, 0.05) is 24.4 Å². The van der Waals surface area contributed by atoms with Crippen LogP contribution in [-0.2, 0) is 16.4 Å². The first kappa shape index (κ1) is 17.0. The summed E-state index contributed by atoms with van der Waals surface area (Å²) in [5.41, 5.74) is -0.368. The molecule has 1 aromatic rings. The maximum atomic E-state index is 10.9. The normalized spacial score (nSPS) is 11.3. The second kappa shape index (κ2) is 7.09. The van der Waals surface area contributed by atoms with E-state index in [1.54, 1.807) is 0 Å². The van der Waals surface area contributed by atoms with E-state index >= 15 is 0 Å². The number of rotatable bonds is 8. The van der Waals surface area contributed by atoms with Crippen LogP contribution in [0, 0.1) is 20.2 Å². The summed E-state index contributed by atoms with van der Waals surface area (Å²) in [6.07, 6.45) is 1.52. The molecule has 0 fully saturated rings. The maximum absolute atomic E-state index is 10.9. The van der Waals surface area contributed by atoms with E-state index in [0.717, 1.165) is 12.3 Å². The van der Waals surface area contributed by atoms with E-state index in [4.69, 9.17) is 0 Å². The highest BCUT2D eigenvalue weighted by atomic mass is 32.2. The fourth-order valence-electron chi connectivity index (χ4n) is 1.67. The van der Waals surface area contributed by atoms with Crippen molar-refractivity contribution in [2.24, 2.45) is 0 Å². The zero-order valence-electron chi connectivity index (χ0n) is 11.3. The average Bonchev–Trinajstić information content (AvgIpc) is 2.36.